The van der Waals surface area contributed by atoms with Gasteiger partial charge < -0.3 is 16.0 Å². The number of aromatic nitrogens is 1. The lowest BCUT2D eigenvalue weighted by Crippen LogP contribution is -2.39. The molecule has 1 aliphatic rings. The molecule has 2 aromatic rings. The lowest BCUT2D eigenvalue weighted by atomic mass is 9.89. The average Bonchev–Trinajstić information content (AvgIpc) is 2.89. The Morgan fingerprint density at radius 1 is 1.38 bits per heavy atom. The number of hydrogen-bond donors (Lipinski definition) is 2. The highest BCUT2D eigenvalue weighted by Gasteiger charge is 2.40. The number of fused-ring (bicyclic) bond motifs is 1. The third kappa shape index (κ3) is 2.39. The van der Waals surface area contributed by atoms with Crippen LogP contribution in [0.5, 0.6) is 0 Å². The summed E-state index contributed by atoms with van der Waals surface area (Å²) in [6, 6.07) is 9.74. The van der Waals surface area contributed by atoms with Crippen molar-refractivity contribution in [1.82, 2.24) is 10.3 Å². The molecule has 0 spiro atoms. The van der Waals surface area contributed by atoms with E-state index in [1.54, 1.807) is 7.05 Å². The Bertz CT molecular complexity index is 700. The van der Waals surface area contributed by atoms with Gasteiger partial charge in [0.2, 0.25) is 5.91 Å². The summed E-state index contributed by atoms with van der Waals surface area (Å²) in [6.45, 7) is 3.55. The fourth-order valence-corrected chi connectivity index (χ4v) is 2.95. The predicted octanol–water partition coefficient (Wildman–Crippen LogP) is 1.78. The van der Waals surface area contributed by atoms with E-state index >= 15 is 0 Å². The van der Waals surface area contributed by atoms with Crippen LogP contribution in [0.1, 0.15) is 13.3 Å². The van der Waals surface area contributed by atoms with Gasteiger partial charge in [-0.3, -0.25) is 4.79 Å². The maximum atomic E-state index is 12.0. The molecular weight excluding hydrogens is 264 g/mol. The zero-order chi connectivity index (χ0) is 15.0. The molecule has 21 heavy (non-hydrogen) atoms. The molecule has 2 heterocycles. The van der Waals surface area contributed by atoms with Gasteiger partial charge in [0.05, 0.1) is 10.9 Å². The molecule has 0 aliphatic carbocycles. The molecular formula is C16H20N4O. The van der Waals surface area contributed by atoms with Crippen molar-refractivity contribution >= 4 is 28.3 Å². The average molecular weight is 284 g/mol. The van der Waals surface area contributed by atoms with E-state index in [-0.39, 0.29) is 11.3 Å². The summed E-state index contributed by atoms with van der Waals surface area (Å²) in [5.41, 5.74) is 7.11. The molecule has 1 amide bonds. The van der Waals surface area contributed by atoms with Crippen molar-refractivity contribution in [3.63, 3.8) is 0 Å². The van der Waals surface area contributed by atoms with Gasteiger partial charge in [0.15, 0.2) is 0 Å². The second kappa shape index (κ2) is 4.91. The maximum absolute atomic E-state index is 12.0. The lowest BCUT2D eigenvalue weighted by Gasteiger charge is -2.23. The van der Waals surface area contributed by atoms with Gasteiger partial charge in [-0.15, -0.1) is 0 Å². The van der Waals surface area contributed by atoms with Crippen LogP contribution in [0.2, 0.25) is 0 Å². The van der Waals surface area contributed by atoms with Gasteiger partial charge >= 0.3 is 0 Å². The molecule has 1 atom stereocenters. The summed E-state index contributed by atoms with van der Waals surface area (Å²) in [7, 11) is 1.69. The van der Waals surface area contributed by atoms with Crippen LogP contribution in [-0.2, 0) is 4.79 Å². The number of benzene rings is 1. The van der Waals surface area contributed by atoms with Crippen LogP contribution >= 0.6 is 0 Å². The number of nitrogens with one attached hydrogen (secondary N) is 1. The van der Waals surface area contributed by atoms with E-state index in [0.717, 1.165) is 35.4 Å². The molecule has 0 saturated carbocycles. The second-order valence-electron chi connectivity index (χ2n) is 5.93. The summed E-state index contributed by atoms with van der Waals surface area (Å²) in [4.78, 5) is 18.8. The number of hydrogen-bond acceptors (Lipinski definition) is 4. The fourth-order valence-electron chi connectivity index (χ4n) is 2.95. The van der Waals surface area contributed by atoms with E-state index in [2.05, 4.69) is 15.2 Å². The molecule has 1 fully saturated rings. The Labute approximate surface area is 124 Å². The number of nitrogens with zero attached hydrogens (tertiary/aromatic N) is 2. The van der Waals surface area contributed by atoms with Crippen LogP contribution in [0.4, 0.5) is 11.5 Å². The third-order valence-electron chi connectivity index (χ3n) is 4.27. The first-order chi connectivity index (χ1) is 10.0. The van der Waals surface area contributed by atoms with Crippen LogP contribution in [0, 0.1) is 5.41 Å². The second-order valence-corrected chi connectivity index (χ2v) is 5.93. The van der Waals surface area contributed by atoms with Gasteiger partial charge in [-0.25, -0.2) is 4.98 Å². The van der Waals surface area contributed by atoms with Gasteiger partial charge in [0, 0.05) is 31.2 Å². The Balaban J connectivity index is 1.88. The smallest absolute Gasteiger partial charge is 0.227 e. The largest absolute Gasteiger partial charge is 0.399 e. The quantitative estimate of drug-likeness (QED) is 0.825. The third-order valence-corrected chi connectivity index (χ3v) is 4.27. The van der Waals surface area contributed by atoms with Gasteiger partial charge in [-0.05, 0) is 43.7 Å². The molecule has 0 radical (unpaired) electrons. The highest BCUT2D eigenvalue weighted by atomic mass is 16.2. The van der Waals surface area contributed by atoms with Crippen LogP contribution in [0.25, 0.3) is 10.9 Å². The first kappa shape index (κ1) is 13.7. The first-order valence-electron chi connectivity index (χ1n) is 7.15. The Morgan fingerprint density at radius 3 is 2.95 bits per heavy atom. The van der Waals surface area contributed by atoms with E-state index in [4.69, 9.17) is 5.73 Å². The molecule has 1 unspecified atom stereocenters. The number of carbonyl (C=O) groups excluding carboxylic acids is 1. The number of carbonyl (C=O) groups is 1. The number of nitrogen functional groups attached to an aromatic ring is 1. The monoisotopic (exact) mass is 284 g/mol. The summed E-state index contributed by atoms with van der Waals surface area (Å²) in [5.74, 6) is 1.01. The number of anilines is 2. The number of nitrogens with two attached hydrogens (primary N) is 1. The van der Waals surface area contributed by atoms with Crippen LogP contribution in [0.3, 0.4) is 0 Å². The van der Waals surface area contributed by atoms with E-state index in [9.17, 15) is 4.79 Å². The van der Waals surface area contributed by atoms with Crippen molar-refractivity contribution in [2.75, 3.05) is 30.8 Å². The van der Waals surface area contributed by atoms with Crippen molar-refractivity contribution in [3.05, 3.63) is 30.3 Å². The van der Waals surface area contributed by atoms with E-state index in [0.29, 0.717) is 6.54 Å². The Kier molecular flexibility index (Phi) is 3.20. The van der Waals surface area contributed by atoms with Crippen molar-refractivity contribution in [1.29, 1.82) is 0 Å². The molecule has 1 aromatic heterocycles. The number of pyridine rings is 1. The standard InChI is InChI=1S/C16H20N4O/c1-16(15(21)18-2)7-8-20(10-16)14-6-3-11-9-12(17)4-5-13(11)19-14/h3-6,9H,7-8,10,17H2,1-2H3,(H,18,21). The zero-order valence-electron chi connectivity index (χ0n) is 12.4. The maximum Gasteiger partial charge on any atom is 0.227 e. The number of amides is 1. The lowest BCUT2D eigenvalue weighted by molar-refractivity contribution is -0.128. The van der Waals surface area contributed by atoms with E-state index < -0.39 is 0 Å². The first-order valence-corrected chi connectivity index (χ1v) is 7.15. The van der Waals surface area contributed by atoms with Crippen molar-refractivity contribution in [2.45, 2.75) is 13.3 Å². The molecule has 3 N–H and O–H groups in total. The number of rotatable bonds is 2. The Morgan fingerprint density at radius 2 is 2.19 bits per heavy atom. The normalized spacial score (nSPS) is 21.7. The van der Waals surface area contributed by atoms with Crippen LogP contribution in [0.15, 0.2) is 30.3 Å². The van der Waals surface area contributed by atoms with Crippen molar-refractivity contribution in [2.24, 2.45) is 5.41 Å². The van der Waals surface area contributed by atoms with Crippen molar-refractivity contribution < 1.29 is 4.79 Å². The Hall–Kier alpha value is -2.30. The summed E-state index contributed by atoms with van der Waals surface area (Å²) >= 11 is 0. The molecule has 5 heteroatoms. The van der Waals surface area contributed by atoms with Crippen LogP contribution in [-0.4, -0.2) is 31.0 Å². The van der Waals surface area contributed by atoms with Crippen LogP contribution < -0.4 is 16.0 Å². The predicted molar refractivity (Wildman–Crippen MR) is 85.2 cm³/mol. The molecule has 1 aliphatic heterocycles. The fraction of sp³-hybridized carbons (Fsp3) is 0.375. The highest BCUT2D eigenvalue weighted by Crippen LogP contribution is 2.33. The molecule has 5 nitrogen and oxygen atoms in total. The minimum atomic E-state index is -0.341. The summed E-state index contributed by atoms with van der Waals surface area (Å²) in [6.07, 6.45) is 0.841. The molecule has 1 saturated heterocycles. The molecule has 110 valence electrons. The SMILES string of the molecule is CNC(=O)C1(C)CCN(c2ccc3cc(N)ccc3n2)C1. The van der Waals surface area contributed by atoms with Gasteiger partial charge in [-0.2, -0.15) is 0 Å². The summed E-state index contributed by atoms with van der Waals surface area (Å²) < 4.78 is 0. The minimum Gasteiger partial charge on any atom is -0.399 e. The zero-order valence-corrected chi connectivity index (χ0v) is 12.4. The van der Waals surface area contributed by atoms with Gasteiger partial charge in [0.25, 0.3) is 0 Å². The molecule has 1 aromatic carbocycles. The van der Waals surface area contributed by atoms with E-state index in [1.807, 2.05) is 37.3 Å². The van der Waals surface area contributed by atoms with Gasteiger partial charge in [0.1, 0.15) is 5.82 Å². The summed E-state index contributed by atoms with van der Waals surface area (Å²) in [5, 5.41) is 3.79. The molecule has 3 rings (SSSR count). The minimum absolute atomic E-state index is 0.0959. The van der Waals surface area contributed by atoms with Crippen molar-refractivity contribution in [3.8, 4) is 0 Å². The molecule has 0 bridgehead atoms. The topological polar surface area (TPSA) is 71.2 Å². The highest BCUT2D eigenvalue weighted by molar-refractivity contribution is 5.85. The van der Waals surface area contributed by atoms with Gasteiger partial charge in [-0.1, -0.05) is 0 Å². The van der Waals surface area contributed by atoms with E-state index in [1.165, 1.54) is 0 Å².